The Bertz CT molecular complexity index is 708. The van der Waals surface area contributed by atoms with Gasteiger partial charge in [-0.2, -0.15) is 0 Å². The lowest BCUT2D eigenvalue weighted by Gasteiger charge is -2.08. The SMILES string of the molecule is O=C(NOCCCCCC(=O)OCc1ccccc1)Nc1ccc(F)cc1. The van der Waals surface area contributed by atoms with Crippen LogP contribution in [-0.4, -0.2) is 18.6 Å². The minimum Gasteiger partial charge on any atom is -0.461 e. The van der Waals surface area contributed by atoms with Gasteiger partial charge in [0.05, 0.1) is 6.61 Å². The van der Waals surface area contributed by atoms with E-state index in [4.69, 9.17) is 9.57 Å². The highest BCUT2D eigenvalue weighted by Gasteiger charge is 2.04. The fraction of sp³-hybridized carbons (Fsp3) is 0.300. The predicted octanol–water partition coefficient (Wildman–Crippen LogP) is 4.18. The van der Waals surface area contributed by atoms with Crippen molar-refractivity contribution in [1.29, 1.82) is 0 Å². The molecule has 7 heteroatoms. The molecule has 0 aromatic heterocycles. The van der Waals surface area contributed by atoms with Gasteiger partial charge < -0.3 is 10.1 Å². The van der Waals surface area contributed by atoms with E-state index in [0.717, 1.165) is 12.0 Å². The number of nitrogens with one attached hydrogen (secondary N) is 2. The topological polar surface area (TPSA) is 76.7 Å². The third kappa shape index (κ3) is 8.82. The Morgan fingerprint density at radius 3 is 2.41 bits per heavy atom. The number of urea groups is 1. The Morgan fingerprint density at radius 2 is 1.67 bits per heavy atom. The van der Waals surface area contributed by atoms with Crippen LogP contribution < -0.4 is 10.8 Å². The van der Waals surface area contributed by atoms with Gasteiger partial charge in [0.15, 0.2) is 0 Å². The number of anilines is 1. The first-order valence-electron chi connectivity index (χ1n) is 8.77. The number of hydroxylamine groups is 1. The molecule has 0 radical (unpaired) electrons. The summed E-state index contributed by atoms with van der Waals surface area (Å²) in [7, 11) is 0. The van der Waals surface area contributed by atoms with E-state index in [1.54, 1.807) is 0 Å². The third-order valence-corrected chi connectivity index (χ3v) is 3.64. The second-order valence-corrected chi connectivity index (χ2v) is 5.87. The quantitative estimate of drug-likeness (QED) is 0.372. The molecule has 0 bridgehead atoms. The van der Waals surface area contributed by atoms with Gasteiger partial charge >= 0.3 is 12.0 Å². The molecule has 0 unspecified atom stereocenters. The van der Waals surface area contributed by atoms with Crippen molar-refractivity contribution in [2.24, 2.45) is 0 Å². The van der Waals surface area contributed by atoms with Crippen molar-refractivity contribution in [2.75, 3.05) is 11.9 Å². The molecule has 0 aliphatic carbocycles. The van der Waals surface area contributed by atoms with Gasteiger partial charge in [-0.1, -0.05) is 36.8 Å². The molecule has 0 aliphatic heterocycles. The van der Waals surface area contributed by atoms with Gasteiger partial charge in [-0.15, -0.1) is 0 Å². The number of hydrogen-bond acceptors (Lipinski definition) is 4. The summed E-state index contributed by atoms with van der Waals surface area (Å²) in [6.07, 6.45) is 2.52. The minimum atomic E-state index is -0.536. The molecule has 0 saturated heterocycles. The molecule has 0 aliphatic rings. The lowest BCUT2D eigenvalue weighted by Crippen LogP contribution is -2.29. The van der Waals surface area contributed by atoms with Gasteiger partial charge in [0, 0.05) is 12.1 Å². The zero-order valence-electron chi connectivity index (χ0n) is 14.9. The third-order valence-electron chi connectivity index (χ3n) is 3.64. The van der Waals surface area contributed by atoms with E-state index >= 15 is 0 Å². The summed E-state index contributed by atoms with van der Waals surface area (Å²) >= 11 is 0. The first-order valence-corrected chi connectivity index (χ1v) is 8.77. The molecule has 0 atom stereocenters. The van der Waals surface area contributed by atoms with Crippen LogP contribution in [0.5, 0.6) is 0 Å². The van der Waals surface area contributed by atoms with Crippen LogP contribution in [0.2, 0.25) is 0 Å². The van der Waals surface area contributed by atoms with Gasteiger partial charge in [-0.3, -0.25) is 9.63 Å². The van der Waals surface area contributed by atoms with Crippen LogP contribution in [0.3, 0.4) is 0 Å². The highest BCUT2D eigenvalue weighted by molar-refractivity contribution is 5.88. The van der Waals surface area contributed by atoms with Gasteiger partial charge in [-0.25, -0.2) is 14.7 Å². The standard InChI is InChI=1S/C20H23FN2O4/c21-17-10-12-18(13-11-17)22-20(25)23-27-14-6-2-5-9-19(24)26-15-16-7-3-1-4-8-16/h1,3-4,7-8,10-13H,2,5-6,9,14-15H2,(H2,22,23,25). The van der Waals surface area contributed by atoms with E-state index in [9.17, 15) is 14.0 Å². The smallest absolute Gasteiger partial charge is 0.343 e. The second-order valence-electron chi connectivity index (χ2n) is 5.87. The summed E-state index contributed by atoms with van der Waals surface area (Å²) in [4.78, 5) is 28.3. The lowest BCUT2D eigenvalue weighted by molar-refractivity contribution is -0.145. The maximum Gasteiger partial charge on any atom is 0.343 e. The van der Waals surface area contributed by atoms with Crippen LogP contribution in [0.4, 0.5) is 14.9 Å². The van der Waals surface area contributed by atoms with E-state index in [1.807, 2.05) is 30.3 Å². The largest absolute Gasteiger partial charge is 0.461 e. The number of benzene rings is 2. The number of hydrogen-bond donors (Lipinski definition) is 2. The Hall–Kier alpha value is -2.93. The monoisotopic (exact) mass is 374 g/mol. The van der Waals surface area contributed by atoms with E-state index in [0.29, 0.717) is 31.6 Å². The van der Waals surface area contributed by atoms with Crippen LogP contribution in [-0.2, 0) is 21.0 Å². The van der Waals surface area contributed by atoms with Crippen LogP contribution in [0.15, 0.2) is 54.6 Å². The zero-order valence-corrected chi connectivity index (χ0v) is 14.9. The number of halogens is 1. The maximum absolute atomic E-state index is 12.8. The molecule has 2 amide bonds. The van der Waals surface area contributed by atoms with Gasteiger partial charge in [0.2, 0.25) is 0 Å². The molecule has 0 saturated carbocycles. The molecule has 2 aromatic carbocycles. The molecule has 6 nitrogen and oxygen atoms in total. The van der Waals surface area contributed by atoms with Gasteiger partial charge in [0.1, 0.15) is 12.4 Å². The molecule has 2 rings (SSSR count). The summed E-state index contributed by atoms with van der Waals surface area (Å²) in [6, 6.07) is 14.4. The van der Waals surface area contributed by atoms with Crippen molar-refractivity contribution in [3.63, 3.8) is 0 Å². The van der Waals surface area contributed by atoms with Crippen molar-refractivity contribution in [1.82, 2.24) is 5.48 Å². The molecule has 144 valence electrons. The van der Waals surface area contributed by atoms with Crippen LogP contribution in [0.25, 0.3) is 0 Å². The molecule has 0 fully saturated rings. The summed E-state index contributed by atoms with van der Waals surface area (Å²) in [5.41, 5.74) is 3.68. The second kappa shape index (κ2) is 11.6. The highest BCUT2D eigenvalue weighted by Crippen LogP contribution is 2.08. The number of rotatable bonds is 10. The number of unbranched alkanes of at least 4 members (excludes halogenated alkanes) is 2. The number of amides is 2. The number of carbonyl (C=O) groups excluding carboxylic acids is 2. The first-order chi connectivity index (χ1) is 13.1. The molecule has 2 aromatic rings. The van der Waals surface area contributed by atoms with E-state index in [-0.39, 0.29) is 18.4 Å². The van der Waals surface area contributed by atoms with E-state index < -0.39 is 6.03 Å². The summed E-state index contributed by atoms with van der Waals surface area (Å²) in [5, 5.41) is 2.51. The average molecular weight is 374 g/mol. The van der Waals surface area contributed by atoms with Crippen LogP contribution in [0, 0.1) is 5.82 Å². The predicted molar refractivity (Wildman–Crippen MR) is 99.2 cm³/mol. The average Bonchev–Trinajstić information content (AvgIpc) is 2.68. The van der Waals surface area contributed by atoms with Gasteiger partial charge in [-0.05, 0) is 42.7 Å². The fourth-order valence-electron chi connectivity index (χ4n) is 2.24. The van der Waals surface area contributed by atoms with Crippen molar-refractivity contribution < 1.29 is 23.6 Å². The Labute approximate surface area is 157 Å². The van der Waals surface area contributed by atoms with Crippen LogP contribution >= 0.6 is 0 Å². The van der Waals surface area contributed by atoms with Gasteiger partial charge in [0.25, 0.3) is 0 Å². The number of carbonyl (C=O) groups is 2. The van der Waals surface area contributed by atoms with Crippen molar-refractivity contribution in [3.8, 4) is 0 Å². The first kappa shape index (κ1) is 20.4. The zero-order chi connectivity index (χ0) is 19.3. The molecular weight excluding hydrogens is 351 g/mol. The highest BCUT2D eigenvalue weighted by atomic mass is 19.1. The van der Waals surface area contributed by atoms with E-state index in [2.05, 4.69) is 10.8 Å². The molecule has 0 heterocycles. The maximum atomic E-state index is 12.8. The Kier molecular flexibility index (Phi) is 8.79. The fourth-order valence-corrected chi connectivity index (χ4v) is 2.24. The van der Waals surface area contributed by atoms with Crippen molar-refractivity contribution in [3.05, 3.63) is 66.0 Å². The molecular formula is C20H23FN2O4. The summed E-state index contributed by atoms with van der Waals surface area (Å²) in [6.45, 7) is 0.617. The molecule has 2 N–H and O–H groups in total. The van der Waals surface area contributed by atoms with Crippen molar-refractivity contribution >= 4 is 17.7 Å². The Balaban J connectivity index is 1.45. The normalized spacial score (nSPS) is 10.3. The Morgan fingerprint density at radius 1 is 0.926 bits per heavy atom. The summed E-state index contributed by atoms with van der Waals surface area (Å²) in [5.74, 6) is -0.599. The number of esters is 1. The minimum absolute atomic E-state index is 0.225. The van der Waals surface area contributed by atoms with Crippen LogP contribution in [0.1, 0.15) is 31.2 Å². The lowest BCUT2D eigenvalue weighted by atomic mass is 10.2. The van der Waals surface area contributed by atoms with Crippen molar-refractivity contribution in [2.45, 2.75) is 32.3 Å². The van der Waals surface area contributed by atoms with E-state index in [1.165, 1.54) is 24.3 Å². The summed E-state index contributed by atoms with van der Waals surface area (Å²) < 4.78 is 18.0. The molecule has 0 spiro atoms. The number of ether oxygens (including phenoxy) is 1. The molecule has 27 heavy (non-hydrogen) atoms.